The van der Waals surface area contributed by atoms with Gasteiger partial charge in [-0.15, -0.1) is 0 Å². The lowest BCUT2D eigenvalue weighted by atomic mass is 10.0. The molecule has 2 rings (SSSR count). The molecule has 0 bridgehead atoms. The Balaban J connectivity index is 1.66. The Labute approximate surface area is 114 Å². The summed E-state index contributed by atoms with van der Waals surface area (Å²) in [7, 11) is 0. The van der Waals surface area contributed by atoms with Gasteiger partial charge in [-0.05, 0) is 24.3 Å². The molecule has 1 aliphatic heterocycles. The van der Waals surface area contributed by atoms with Gasteiger partial charge in [0.2, 0.25) is 5.91 Å². The van der Waals surface area contributed by atoms with Gasteiger partial charge in [-0.1, -0.05) is 30.3 Å². The fraction of sp³-hybridized carbons (Fsp3) is 0.533. The van der Waals surface area contributed by atoms with Crippen molar-refractivity contribution in [2.75, 3.05) is 19.8 Å². The summed E-state index contributed by atoms with van der Waals surface area (Å²) >= 11 is 0. The molecule has 19 heavy (non-hydrogen) atoms. The Kier molecular flexibility index (Phi) is 5.36. The minimum absolute atomic E-state index is 0.0234. The molecule has 1 heterocycles. The summed E-state index contributed by atoms with van der Waals surface area (Å²) in [6.45, 7) is 2.41. The Morgan fingerprint density at radius 3 is 2.89 bits per heavy atom. The van der Waals surface area contributed by atoms with Crippen molar-refractivity contribution in [2.45, 2.75) is 25.3 Å². The first-order chi connectivity index (χ1) is 9.25. The van der Waals surface area contributed by atoms with Crippen molar-refractivity contribution in [3.05, 3.63) is 35.9 Å². The first-order valence-corrected chi connectivity index (χ1v) is 6.90. The van der Waals surface area contributed by atoms with Gasteiger partial charge < -0.3 is 15.8 Å². The van der Waals surface area contributed by atoms with E-state index in [0.29, 0.717) is 18.9 Å². The quantitative estimate of drug-likeness (QED) is 0.819. The van der Waals surface area contributed by atoms with E-state index >= 15 is 0 Å². The molecule has 0 aromatic heterocycles. The maximum Gasteiger partial charge on any atom is 0.221 e. The summed E-state index contributed by atoms with van der Waals surface area (Å²) in [6, 6.07) is 9.50. The number of carbonyl (C=O) groups excluding carboxylic acids is 1. The molecule has 1 aromatic carbocycles. The summed E-state index contributed by atoms with van der Waals surface area (Å²) in [5.74, 6) is 0.623. The van der Waals surface area contributed by atoms with Gasteiger partial charge >= 0.3 is 0 Å². The molecule has 4 heteroatoms. The number of nitrogens with one attached hydrogen (secondary N) is 1. The highest BCUT2D eigenvalue weighted by Gasteiger charge is 2.16. The summed E-state index contributed by atoms with van der Waals surface area (Å²) in [5.41, 5.74) is 7.01. The van der Waals surface area contributed by atoms with Crippen molar-refractivity contribution >= 4 is 5.91 Å². The second-order valence-corrected chi connectivity index (χ2v) is 5.09. The smallest absolute Gasteiger partial charge is 0.221 e. The molecule has 1 saturated heterocycles. The van der Waals surface area contributed by atoms with Gasteiger partial charge in [0.1, 0.15) is 0 Å². The first kappa shape index (κ1) is 14.0. The highest BCUT2D eigenvalue weighted by Crippen LogP contribution is 2.16. The molecule has 1 amide bonds. The molecule has 2 atom stereocenters. The van der Waals surface area contributed by atoms with E-state index in [-0.39, 0.29) is 11.9 Å². The maximum atomic E-state index is 11.8. The van der Waals surface area contributed by atoms with Crippen LogP contribution in [0.4, 0.5) is 0 Å². The maximum absolute atomic E-state index is 11.8. The molecule has 0 aliphatic carbocycles. The summed E-state index contributed by atoms with van der Waals surface area (Å²) < 4.78 is 5.30. The van der Waals surface area contributed by atoms with Crippen molar-refractivity contribution in [1.82, 2.24) is 5.32 Å². The number of benzene rings is 1. The summed E-state index contributed by atoms with van der Waals surface area (Å²) in [6.07, 6.45) is 2.44. The number of amides is 1. The Bertz CT molecular complexity index is 388. The number of hydrogen-bond acceptors (Lipinski definition) is 3. The zero-order chi connectivity index (χ0) is 13.5. The van der Waals surface area contributed by atoms with Crippen molar-refractivity contribution in [2.24, 2.45) is 11.7 Å². The van der Waals surface area contributed by atoms with Crippen molar-refractivity contribution in [1.29, 1.82) is 0 Å². The molecular formula is C15H22N2O2. The van der Waals surface area contributed by atoms with E-state index in [2.05, 4.69) is 5.32 Å². The zero-order valence-corrected chi connectivity index (χ0v) is 11.2. The van der Waals surface area contributed by atoms with E-state index in [4.69, 9.17) is 10.5 Å². The fourth-order valence-electron chi connectivity index (χ4n) is 2.32. The molecule has 2 unspecified atom stereocenters. The largest absolute Gasteiger partial charge is 0.381 e. The molecule has 4 nitrogen and oxygen atoms in total. The van der Waals surface area contributed by atoms with Crippen LogP contribution in [0.15, 0.2) is 30.3 Å². The van der Waals surface area contributed by atoms with Crippen molar-refractivity contribution in [3.8, 4) is 0 Å². The van der Waals surface area contributed by atoms with Crippen LogP contribution in [-0.4, -0.2) is 25.7 Å². The van der Waals surface area contributed by atoms with Crippen LogP contribution >= 0.6 is 0 Å². The molecule has 0 spiro atoms. The van der Waals surface area contributed by atoms with Gasteiger partial charge in [0.05, 0.1) is 0 Å². The van der Waals surface area contributed by atoms with Gasteiger partial charge in [0.25, 0.3) is 0 Å². The molecule has 1 fully saturated rings. The molecule has 0 radical (unpaired) electrons. The lowest BCUT2D eigenvalue weighted by molar-refractivity contribution is -0.121. The number of nitrogens with two attached hydrogens (primary N) is 1. The highest BCUT2D eigenvalue weighted by molar-refractivity contribution is 5.76. The third-order valence-electron chi connectivity index (χ3n) is 3.53. The summed E-state index contributed by atoms with van der Waals surface area (Å²) in [5, 5.41) is 2.94. The molecule has 1 aromatic rings. The fourth-order valence-corrected chi connectivity index (χ4v) is 2.32. The second-order valence-electron chi connectivity index (χ2n) is 5.09. The number of carbonyl (C=O) groups is 1. The normalized spacial score (nSPS) is 20.2. The van der Waals surface area contributed by atoms with E-state index in [0.717, 1.165) is 31.6 Å². The van der Waals surface area contributed by atoms with Crippen LogP contribution in [-0.2, 0) is 9.53 Å². The van der Waals surface area contributed by atoms with Gasteiger partial charge in [-0.3, -0.25) is 4.79 Å². The predicted octanol–water partition coefficient (Wildman–Crippen LogP) is 1.62. The van der Waals surface area contributed by atoms with E-state index < -0.39 is 0 Å². The lowest BCUT2D eigenvalue weighted by Crippen LogP contribution is -2.29. The van der Waals surface area contributed by atoms with E-state index in [1.807, 2.05) is 30.3 Å². The van der Waals surface area contributed by atoms with Crippen molar-refractivity contribution in [3.63, 3.8) is 0 Å². The van der Waals surface area contributed by atoms with Crippen molar-refractivity contribution < 1.29 is 9.53 Å². The third-order valence-corrected chi connectivity index (χ3v) is 3.53. The topological polar surface area (TPSA) is 64.4 Å². The van der Waals surface area contributed by atoms with Crippen LogP contribution in [0.1, 0.15) is 30.9 Å². The standard InChI is InChI=1S/C15H22N2O2/c16-14(13-4-2-1-3-5-13)10-15(18)17-8-6-12-7-9-19-11-12/h1-5,12,14H,6-11,16H2,(H,17,18). The highest BCUT2D eigenvalue weighted by atomic mass is 16.5. The predicted molar refractivity (Wildman–Crippen MR) is 74.5 cm³/mol. The van der Waals surface area contributed by atoms with E-state index in [9.17, 15) is 4.79 Å². The van der Waals surface area contributed by atoms with Gasteiger partial charge in [-0.25, -0.2) is 0 Å². The van der Waals surface area contributed by atoms with Crippen LogP contribution in [0, 0.1) is 5.92 Å². The molecule has 0 saturated carbocycles. The molecule has 104 valence electrons. The van der Waals surface area contributed by atoms with Crippen LogP contribution in [0.2, 0.25) is 0 Å². The van der Waals surface area contributed by atoms with Crippen LogP contribution in [0.3, 0.4) is 0 Å². The average Bonchev–Trinajstić information content (AvgIpc) is 2.93. The molecule has 1 aliphatic rings. The molecule has 3 N–H and O–H groups in total. The zero-order valence-electron chi connectivity index (χ0n) is 11.2. The van der Waals surface area contributed by atoms with Crippen LogP contribution < -0.4 is 11.1 Å². The Morgan fingerprint density at radius 2 is 2.21 bits per heavy atom. The monoisotopic (exact) mass is 262 g/mol. The Morgan fingerprint density at radius 1 is 1.42 bits per heavy atom. The average molecular weight is 262 g/mol. The molecular weight excluding hydrogens is 240 g/mol. The minimum Gasteiger partial charge on any atom is -0.381 e. The van der Waals surface area contributed by atoms with Gasteiger partial charge in [-0.2, -0.15) is 0 Å². The third kappa shape index (κ3) is 4.65. The summed E-state index contributed by atoms with van der Waals surface area (Å²) in [4.78, 5) is 11.8. The lowest BCUT2D eigenvalue weighted by Gasteiger charge is -2.13. The number of hydrogen-bond donors (Lipinski definition) is 2. The van der Waals surface area contributed by atoms with Gasteiger partial charge in [0.15, 0.2) is 0 Å². The Hall–Kier alpha value is -1.39. The van der Waals surface area contributed by atoms with Crippen LogP contribution in [0.25, 0.3) is 0 Å². The van der Waals surface area contributed by atoms with Gasteiger partial charge in [0, 0.05) is 32.2 Å². The minimum atomic E-state index is -0.226. The van der Waals surface area contributed by atoms with E-state index in [1.165, 1.54) is 0 Å². The number of ether oxygens (including phenoxy) is 1. The number of rotatable bonds is 6. The van der Waals surface area contributed by atoms with Crippen LogP contribution in [0.5, 0.6) is 0 Å². The van der Waals surface area contributed by atoms with E-state index in [1.54, 1.807) is 0 Å². The first-order valence-electron chi connectivity index (χ1n) is 6.90. The second kappa shape index (κ2) is 7.26. The SMILES string of the molecule is NC(CC(=O)NCCC1CCOC1)c1ccccc1.